The van der Waals surface area contributed by atoms with E-state index in [1.165, 1.54) is 6.42 Å². The van der Waals surface area contributed by atoms with Gasteiger partial charge in [0.05, 0.1) is 6.42 Å². The van der Waals surface area contributed by atoms with Crippen molar-refractivity contribution in [2.24, 2.45) is 0 Å². The first-order valence-electron chi connectivity index (χ1n) is 9.93. The van der Waals surface area contributed by atoms with Crippen LogP contribution in [0.3, 0.4) is 0 Å². The van der Waals surface area contributed by atoms with Gasteiger partial charge in [0.2, 0.25) is 5.91 Å². The van der Waals surface area contributed by atoms with Crippen LogP contribution in [0.25, 0.3) is 0 Å². The Morgan fingerprint density at radius 3 is 2.76 bits per heavy atom. The maximum atomic E-state index is 12.2. The molecule has 1 unspecified atom stereocenters. The van der Waals surface area contributed by atoms with Crippen LogP contribution < -0.4 is 10.1 Å². The lowest BCUT2D eigenvalue weighted by Gasteiger charge is -2.35. The normalized spacial score (nSPS) is 19.8. The summed E-state index contributed by atoms with van der Waals surface area (Å²) in [5, 5.41) is 10.8. The molecule has 2 rings (SSSR count). The van der Waals surface area contributed by atoms with Crippen molar-refractivity contribution in [3.8, 4) is 5.75 Å². The lowest BCUT2D eigenvalue weighted by molar-refractivity contribution is -0.137. The summed E-state index contributed by atoms with van der Waals surface area (Å²) in [6, 6.07) is 7.60. The van der Waals surface area contributed by atoms with Gasteiger partial charge in [0.1, 0.15) is 12.3 Å². The second kappa shape index (κ2) is 10.2. The first-order chi connectivity index (χ1) is 13.8. The highest BCUT2D eigenvalue weighted by Crippen LogP contribution is 2.37. The zero-order chi connectivity index (χ0) is 21.4. The Hall–Kier alpha value is -2.67. The number of rotatable bonds is 8. The Balaban J connectivity index is 2.05. The smallest absolute Gasteiger partial charge is 0.322 e. The second-order valence-electron chi connectivity index (χ2n) is 7.69. The van der Waals surface area contributed by atoms with E-state index in [9.17, 15) is 14.4 Å². The van der Waals surface area contributed by atoms with Crippen molar-refractivity contribution in [1.29, 1.82) is 0 Å². The number of amides is 1. The van der Waals surface area contributed by atoms with E-state index >= 15 is 0 Å². The van der Waals surface area contributed by atoms with Crippen molar-refractivity contribution in [2.75, 3.05) is 26.7 Å². The number of nitrogens with zero attached hydrogens (tertiary/aromatic N) is 1. The number of carboxylic acid groups (broad SMARTS) is 1. The van der Waals surface area contributed by atoms with Crippen LogP contribution in [0.1, 0.15) is 44.6 Å². The van der Waals surface area contributed by atoms with E-state index in [-0.39, 0.29) is 17.4 Å². The van der Waals surface area contributed by atoms with Gasteiger partial charge in [0, 0.05) is 17.5 Å². The highest BCUT2D eigenvalue weighted by Gasteiger charge is 2.33. The predicted octanol–water partition coefficient (Wildman–Crippen LogP) is 2.50. The third-order valence-corrected chi connectivity index (χ3v) is 5.45. The summed E-state index contributed by atoms with van der Waals surface area (Å²) in [6.45, 7) is 7.25. The number of likely N-dealkylation sites (N-methyl/N-ethyl adjacent to an activating group) is 1. The van der Waals surface area contributed by atoms with Crippen molar-refractivity contribution in [3.63, 3.8) is 0 Å². The molecule has 0 aromatic heterocycles. The van der Waals surface area contributed by atoms with E-state index in [0.717, 1.165) is 37.9 Å². The molecule has 0 bridgehead atoms. The molecule has 1 atom stereocenters. The number of benzene rings is 1. The molecular weight excluding hydrogens is 372 g/mol. The minimum absolute atomic E-state index is 0.0218. The quantitative estimate of drug-likeness (QED) is 0.394. The molecule has 0 saturated carbocycles. The van der Waals surface area contributed by atoms with Crippen LogP contribution in [0.2, 0.25) is 0 Å². The molecule has 1 saturated heterocycles. The van der Waals surface area contributed by atoms with Crippen molar-refractivity contribution in [3.05, 3.63) is 42.0 Å². The zero-order valence-corrected chi connectivity index (χ0v) is 17.2. The topological polar surface area (TPSA) is 95.9 Å². The summed E-state index contributed by atoms with van der Waals surface area (Å²) in [5.74, 6) is -2.02. The van der Waals surface area contributed by atoms with Crippen LogP contribution in [0.4, 0.5) is 0 Å². The number of likely N-dealkylation sites (tertiary alicyclic amines) is 1. The molecule has 1 aromatic rings. The molecule has 1 aliphatic heterocycles. The molecule has 1 heterocycles. The first-order valence-corrected chi connectivity index (χ1v) is 9.93. The van der Waals surface area contributed by atoms with Gasteiger partial charge in [-0.3, -0.25) is 14.4 Å². The first kappa shape index (κ1) is 22.6. The summed E-state index contributed by atoms with van der Waals surface area (Å²) in [7, 11) is 2.14. The molecular formula is C22H30N2O5. The lowest BCUT2D eigenvalue weighted by Crippen LogP contribution is -2.37. The van der Waals surface area contributed by atoms with E-state index < -0.39 is 24.4 Å². The van der Waals surface area contributed by atoms with Crippen LogP contribution >= 0.6 is 0 Å². The Labute approximate surface area is 171 Å². The average molecular weight is 402 g/mol. The number of carboxylic acids is 1. The standard InChI is InChI=1S/C22H30N2O5/c1-4-22(10-5-6-11-24(3)15-22)17-8-7-9-18(13-17)29-20(27)12-16(2)21(28)23-14-19(25)26/h7-9,13H,2,4-6,10-12,14-15H2,1,3H3,(H,23,28)(H,25,26). The molecule has 1 amide bonds. The molecule has 158 valence electrons. The van der Waals surface area contributed by atoms with Crippen molar-refractivity contribution >= 4 is 17.8 Å². The maximum Gasteiger partial charge on any atom is 0.322 e. The number of nitrogens with one attached hydrogen (secondary N) is 1. The monoisotopic (exact) mass is 402 g/mol. The summed E-state index contributed by atoms with van der Waals surface area (Å²) in [6.07, 6.45) is 4.12. The van der Waals surface area contributed by atoms with Gasteiger partial charge in [-0.25, -0.2) is 0 Å². The van der Waals surface area contributed by atoms with Gasteiger partial charge < -0.3 is 20.1 Å². The molecule has 1 aliphatic rings. The third kappa shape index (κ3) is 6.42. The van der Waals surface area contributed by atoms with Gasteiger partial charge in [0.25, 0.3) is 0 Å². The van der Waals surface area contributed by atoms with Crippen molar-refractivity contribution in [1.82, 2.24) is 10.2 Å². The van der Waals surface area contributed by atoms with Crippen molar-refractivity contribution < 1.29 is 24.2 Å². The molecule has 0 aliphatic carbocycles. The molecule has 0 spiro atoms. The lowest BCUT2D eigenvalue weighted by atomic mass is 9.74. The fourth-order valence-corrected chi connectivity index (χ4v) is 3.84. The van der Waals surface area contributed by atoms with E-state index in [1.807, 2.05) is 12.1 Å². The summed E-state index contributed by atoms with van der Waals surface area (Å²) in [5.41, 5.74) is 1.13. The zero-order valence-electron chi connectivity index (χ0n) is 17.2. The molecule has 1 fully saturated rings. The van der Waals surface area contributed by atoms with Gasteiger partial charge >= 0.3 is 11.9 Å². The van der Waals surface area contributed by atoms with Gasteiger partial charge in [0.15, 0.2) is 0 Å². The van der Waals surface area contributed by atoms with Crippen LogP contribution in [-0.4, -0.2) is 54.5 Å². The molecule has 1 aromatic carbocycles. The minimum Gasteiger partial charge on any atom is -0.480 e. The van der Waals surface area contributed by atoms with E-state index in [4.69, 9.17) is 9.84 Å². The third-order valence-electron chi connectivity index (χ3n) is 5.45. The van der Waals surface area contributed by atoms with E-state index in [1.54, 1.807) is 6.07 Å². The van der Waals surface area contributed by atoms with E-state index in [2.05, 4.69) is 36.8 Å². The highest BCUT2D eigenvalue weighted by atomic mass is 16.5. The van der Waals surface area contributed by atoms with Crippen molar-refractivity contribution in [2.45, 2.75) is 44.4 Å². The van der Waals surface area contributed by atoms with Crippen LogP contribution in [-0.2, 0) is 19.8 Å². The number of ether oxygens (including phenoxy) is 1. The van der Waals surface area contributed by atoms with Gasteiger partial charge in [-0.05, 0) is 50.6 Å². The van der Waals surface area contributed by atoms with Gasteiger partial charge in [-0.1, -0.05) is 32.1 Å². The molecule has 7 nitrogen and oxygen atoms in total. The van der Waals surface area contributed by atoms with Crippen LogP contribution in [0.15, 0.2) is 36.4 Å². The fourth-order valence-electron chi connectivity index (χ4n) is 3.84. The number of hydrogen-bond donors (Lipinski definition) is 2. The largest absolute Gasteiger partial charge is 0.480 e. The summed E-state index contributed by atoms with van der Waals surface area (Å²) in [4.78, 5) is 36.8. The Morgan fingerprint density at radius 2 is 2.07 bits per heavy atom. The average Bonchev–Trinajstić information content (AvgIpc) is 2.88. The molecule has 2 N–H and O–H groups in total. The second-order valence-corrected chi connectivity index (χ2v) is 7.69. The van der Waals surface area contributed by atoms with Crippen LogP contribution in [0, 0.1) is 0 Å². The highest BCUT2D eigenvalue weighted by molar-refractivity contribution is 5.98. The maximum absolute atomic E-state index is 12.2. The number of esters is 1. The Morgan fingerprint density at radius 1 is 1.31 bits per heavy atom. The number of aliphatic carboxylic acids is 1. The number of carbonyl (C=O) groups excluding carboxylic acids is 2. The van der Waals surface area contributed by atoms with Crippen LogP contribution in [0.5, 0.6) is 5.75 Å². The minimum atomic E-state index is -1.17. The Kier molecular flexibility index (Phi) is 7.96. The molecule has 29 heavy (non-hydrogen) atoms. The van der Waals surface area contributed by atoms with E-state index in [0.29, 0.717) is 5.75 Å². The number of carbonyl (C=O) groups is 3. The van der Waals surface area contributed by atoms with Gasteiger partial charge in [-0.2, -0.15) is 0 Å². The SMILES string of the molecule is C=C(CC(=O)Oc1cccc(C2(CC)CCCCN(C)C2)c1)C(=O)NCC(=O)O. The molecule has 0 radical (unpaired) electrons. The van der Waals surface area contributed by atoms with Gasteiger partial charge in [-0.15, -0.1) is 0 Å². The molecule has 7 heteroatoms. The fraction of sp³-hybridized carbons (Fsp3) is 0.500. The summed E-state index contributed by atoms with van der Waals surface area (Å²) >= 11 is 0. The number of hydrogen-bond acceptors (Lipinski definition) is 5. The predicted molar refractivity (Wildman–Crippen MR) is 110 cm³/mol. The summed E-state index contributed by atoms with van der Waals surface area (Å²) < 4.78 is 5.43. The Bertz CT molecular complexity index is 776.